The minimum Gasteiger partial charge on any atom is -0.508 e. The molecule has 0 unspecified atom stereocenters. The summed E-state index contributed by atoms with van der Waals surface area (Å²) in [5.41, 5.74) is 5.62. The second-order valence-corrected chi connectivity index (χ2v) is 4.87. The van der Waals surface area contributed by atoms with Gasteiger partial charge in [0.25, 0.3) is 0 Å². The van der Waals surface area contributed by atoms with E-state index in [2.05, 4.69) is 0 Å². The third-order valence-corrected chi connectivity index (χ3v) is 3.57. The van der Waals surface area contributed by atoms with Gasteiger partial charge in [-0.1, -0.05) is 0 Å². The fraction of sp³-hybridized carbons (Fsp3) is 0.500. The number of nitrogens with two attached hydrogens (primary N) is 1. The SMILES string of the molecule is Cl.NCC1CCC(C(=O)Oc2ccc(O)cc2)CC1. The van der Waals surface area contributed by atoms with Crippen molar-refractivity contribution in [2.45, 2.75) is 25.7 Å². The number of phenols is 1. The molecule has 1 aliphatic rings. The molecule has 0 atom stereocenters. The molecular weight excluding hydrogens is 266 g/mol. The van der Waals surface area contributed by atoms with E-state index in [1.54, 1.807) is 12.1 Å². The molecule has 0 amide bonds. The Hall–Kier alpha value is -1.26. The molecule has 1 aromatic rings. The molecule has 2 rings (SSSR count). The Balaban J connectivity index is 0.00000180. The molecule has 0 bridgehead atoms. The second-order valence-electron chi connectivity index (χ2n) is 4.87. The Morgan fingerprint density at radius 1 is 1.21 bits per heavy atom. The van der Waals surface area contributed by atoms with Gasteiger partial charge in [0.2, 0.25) is 0 Å². The van der Waals surface area contributed by atoms with E-state index in [0.29, 0.717) is 18.2 Å². The molecule has 1 saturated carbocycles. The highest BCUT2D eigenvalue weighted by Gasteiger charge is 2.27. The summed E-state index contributed by atoms with van der Waals surface area (Å²) in [4.78, 5) is 11.9. The normalized spacial score (nSPS) is 22.4. The quantitative estimate of drug-likeness (QED) is 0.661. The minimum atomic E-state index is -0.170. The number of benzene rings is 1. The fourth-order valence-electron chi connectivity index (χ4n) is 2.35. The van der Waals surface area contributed by atoms with E-state index < -0.39 is 0 Å². The van der Waals surface area contributed by atoms with E-state index in [9.17, 15) is 4.79 Å². The van der Waals surface area contributed by atoms with E-state index in [1.807, 2.05) is 0 Å². The summed E-state index contributed by atoms with van der Waals surface area (Å²) in [6.07, 6.45) is 3.73. The van der Waals surface area contributed by atoms with E-state index in [4.69, 9.17) is 15.6 Å². The van der Waals surface area contributed by atoms with Crippen molar-refractivity contribution < 1.29 is 14.6 Å². The Labute approximate surface area is 119 Å². The Kier molecular flexibility index (Phi) is 6.12. The Morgan fingerprint density at radius 2 is 1.79 bits per heavy atom. The van der Waals surface area contributed by atoms with Gasteiger partial charge in [0.15, 0.2) is 0 Å². The predicted octanol–water partition coefficient (Wildman–Crippen LogP) is 2.48. The van der Waals surface area contributed by atoms with Crippen LogP contribution in [-0.2, 0) is 4.79 Å². The minimum absolute atomic E-state index is 0. The highest BCUT2D eigenvalue weighted by Crippen LogP contribution is 2.29. The van der Waals surface area contributed by atoms with Crippen molar-refractivity contribution in [1.29, 1.82) is 0 Å². The van der Waals surface area contributed by atoms with Crippen LogP contribution in [0.15, 0.2) is 24.3 Å². The third kappa shape index (κ3) is 4.40. The van der Waals surface area contributed by atoms with Crippen molar-refractivity contribution in [2.24, 2.45) is 17.6 Å². The van der Waals surface area contributed by atoms with Gasteiger partial charge >= 0.3 is 5.97 Å². The van der Waals surface area contributed by atoms with Gasteiger partial charge in [-0.15, -0.1) is 12.4 Å². The van der Waals surface area contributed by atoms with Crippen molar-refractivity contribution in [3.05, 3.63) is 24.3 Å². The molecule has 1 aliphatic carbocycles. The molecule has 106 valence electrons. The maximum atomic E-state index is 11.9. The summed E-state index contributed by atoms with van der Waals surface area (Å²) in [5, 5.41) is 9.14. The van der Waals surface area contributed by atoms with E-state index in [0.717, 1.165) is 25.7 Å². The molecule has 3 N–H and O–H groups in total. The zero-order valence-electron chi connectivity index (χ0n) is 10.7. The smallest absolute Gasteiger partial charge is 0.314 e. The number of carbonyl (C=O) groups excluding carboxylic acids is 1. The van der Waals surface area contributed by atoms with Gasteiger partial charge in [-0.3, -0.25) is 4.79 Å². The lowest BCUT2D eigenvalue weighted by molar-refractivity contribution is -0.140. The summed E-state index contributed by atoms with van der Waals surface area (Å²) >= 11 is 0. The van der Waals surface area contributed by atoms with Crippen molar-refractivity contribution in [3.63, 3.8) is 0 Å². The zero-order valence-corrected chi connectivity index (χ0v) is 11.6. The summed E-state index contributed by atoms with van der Waals surface area (Å²) in [6.45, 7) is 0.708. The lowest BCUT2D eigenvalue weighted by Crippen LogP contribution is -2.28. The molecule has 0 aromatic heterocycles. The van der Waals surface area contributed by atoms with Gasteiger partial charge in [-0.05, 0) is 62.4 Å². The fourth-order valence-corrected chi connectivity index (χ4v) is 2.35. The van der Waals surface area contributed by atoms with Crippen LogP contribution in [-0.4, -0.2) is 17.6 Å². The number of carbonyl (C=O) groups is 1. The van der Waals surface area contributed by atoms with Crippen LogP contribution < -0.4 is 10.5 Å². The molecule has 5 heteroatoms. The summed E-state index contributed by atoms with van der Waals surface area (Å²) in [5.74, 6) is 1.03. The number of hydrogen-bond acceptors (Lipinski definition) is 4. The molecule has 19 heavy (non-hydrogen) atoms. The molecule has 1 fully saturated rings. The maximum absolute atomic E-state index is 11.9. The highest BCUT2D eigenvalue weighted by atomic mass is 35.5. The van der Waals surface area contributed by atoms with E-state index in [1.165, 1.54) is 12.1 Å². The van der Waals surface area contributed by atoms with Crippen LogP contribution in [0.5, 0.6) is 11.5 Å². The van der Waals surface area contributed by atoms with Crippen molar-refractivity contribution >= 4 is 18.4 Å². The first-order valence-corrected chi connectivity index (χ1v) is 6.40. The summed E-state index contributed by atoms with van der Waals surface area (Å²) < 4.78 is 5.30. The lowest BCUT2D eigenvalue weighted by atomic mass is 9.82. The van der Waals surface area contributed by atoms with Crippen LogP contribution in [0.25, 0.3) is 0 Å². The molecule has 0 aliphatic heterocycles. The molecule has 0 heterocycles. The first-order chi connectivity index (χ1) is 8.69. The molecule has 4 nitrogen and oxygen atoms in total. The Morgan fingerprint density at radius 3 is 2.32 bits per heavy atom. The highest BCUT2D eigenvalue weighted by molar-refractivity contribution is 5.85. The monoisotopic (exact) mass is 285 g/mol. The number of ether oxygens (including phenoxy) is 1. The van der Waals surface area contributed by atoms with Crippen LogP contribution in [0.3, 0.4) is 0 Å². The standard InChI is InChI=1S/C14H19NO3.ClH/c15-9-10-1-3-11(4-2-10)14(17)18-13-7-5-12(16)6-8-13;/h5-8,10-11,16H,1-4,9,15H2;1H. The Bertz CT molecular complexity index is 400. The van der Waals surface area contributed by atoms with Gasteiger partial charge < -0.3 is 15.6 Å². The van der Waals surface area contributed by atoms with E-state index >= 15 is 0 Å². The van der Waals surface area contributed by atoms with Gasteiger partial charge in [0.05, 0.1) is 5.92 Å². The van der Waals surface area contributed by atoms with Crippen LogP contribution in [0.4, 0.5) is 0 Å². The van der Waals surface area contributed by atoms with Crippen molar-refractivity contribution in [2.75, 3.05) is 6.54 Å². The topological polar surface area (TPSA) is 72.6 Å². The summed E-state index contributed by atoms with van der Waals surface area (Å²) in [7, 11) is 0. The third-order valence-electron chi connectivity index (χ3n) is 3.57. The van der Waals surface area contributed by atoms with Crippen LogP contribution in [0, 0.1) is 11.8 Å². The van der Waals surface area contributed by atoms with Crippen LogP contribution >= 0.6 is 12.4 Å². The van der Waals surface area contributed by atoms with Crippen molar-refractivity contribution in [1.82, 2.24) is 0 Å². The zero-order chi connectivity index (χ0) is 13.0. The molecule has 1 aromatic carbocycles. The van der Waals surface area contributed by atoms with Gasteiger partial charge in [-0.2, -0.15) is 0 Å². The molecule has 0 saturated heterocycles. The average Bonchev–Trinajstić information content (AvgIpc) is 2.41. The van der Waals surface area contributed by atoms with E-state index in [-0.39, 0.29) is 30.0 Å². The molecular formula is C14H20ClNO3. The van der Waals surface area contributed by atoms with Gasteiger partial charge in [0, 0.05) is 0 Å². The van der Waals surface area contributed by atoms with Crippen molar-refractivity contribution in [3.8, 4) is 11.5 Å². The largest absolute Gasteiger partial charge is 0.508 e. The average molecular weight is 286 g/mol. The number of phenolic OH excluding ortho intramolecular Hbond substituents is 1. The number of halogens is 1. The molecule has 0 radical (unpaired) electrons. The molecule has 0 spiro atoms. The second kappa shape index (κ2) is 7.36. The van der Waals surface area contributed by atoms with Crippen LogP contribution in [0.2, 0.25) is 0 Å². The number of esters is 1. The number of aromatic hydroxyl groups is 1. The lowest BCUT2D eigenvalue weighted by Gasteiger charge is -2.26. The first-order valence-electron chi connectivity index (χ1n) is 6.40. The van der Waals surface area contributed by atoms with Gasteiger partial charge in [-0.25, -0.2) is 0 Å². The maximum Gasteiger partial charge on any atom is 0.314 e. The summed E-state index contributed by atoms with van der Waals surface area (Å²) in [6, 6.07) is 6.21. The first kappa shape index (κ1) is 15.8. The number of hydrogen-bond donors (Lipinski definition) is 2. The van der Waals surface area contributed by atoms with Gasteiger partial charge in [0.1, 0.15) is 11.5 Å². The number of rotatable bonds is 3. The van der Waals surface area contributed by atoms with Crippen LogP contribution in [0.1, 0.15) is 25.7 Å². The predicted molar refractivity (Wildman–Crippen MR) is 75.5 cm³/mol.